The number of pyridine rings is 1. The molecule has 3 aromatic rings. The molecule has 0 amide bonds. The van der Waals surface area contributed by atoms with Crippen molar-refractivity contribution in [1.82, 2.24) is 14.5 Å². The van der Waals surface area contributed by atoms with Crippen LogP contribution in [0, 0.1) is 0 Å². The van der Waals surface area contributed by atoms with Crippen molar-refractivity contribution in [1.29, 1.82) is 0 Å². The molecule has 2 aromatic heterocycles. The van der Waals surface area contributed by atoms with Crippen LogP contribution in [-0.4, -0.2) is 27.5 Å². The quantitative estimate of drug-likeness (QED) is 0.568. The molecule has 5 rings (SSSR count). The van der Waals surface area contributed by atoms with E-state index in [1.54, 1.807) is 6.07 Å². The van der Waals surface area contributed by atoms with Crippen LogP contribution in [0.25, 0.3) is 10.9 Å². The van der Waals surface area contributed by atoms with E-state index in [9.17, 15) is 4.39 Å². The molecule has 3 nitrogen and oxygen atoms in total. The standard InChI is InChI=1S/C23H25ClFN3/c1-27-18-7-9-21(27)23-19-11-16(24)5-8-20(19)28(22(23)12-18)10-2-3-15-4-6-17(13-25)26-14-15/h4-6,8,11,14,18,21H,2-3,7,9-10,12-13H2,1H3. The van der Waals surface area contributed by atoms with E-state index in [1.807, 2.05) is 18.3 Å². The van der Waals surface area contributed by atoms with Gasteiger partial charge in [0.1, 0.15) is 6.67 Å². The molecule has 2 aliphatic rings. The molecule has 1 saturated heterocycles. The summed E-state index contributed by atoms with van der Waals surface area (Å²) in [4.78, 5) is 6.74. The van der Waals surface area contributed by atoms with Gasteiger partial charge in [-0.1, -0.05) is 17.7 Å². The summed E-state index contributed by atoms with van der Waals surface area (Å²) < 4.78 is 15.2. The van der Waals surface area contributed by atoms with Gasteiger partial charge in [0.2, 0.25) is 0 Å². The molecule has 5 heteroatoms. The smallest absolute Gasteiger partial charge is 0.131 e. The highest BCUT2D eigenvalue weighted by Gasteiger charge is 2.40. The molecular formula is C23H25ClFN3. The summed E-state index contributed by atoms with van der Waals surface area (Å²) in [6.07, 6.45) is 7.46. The van der Waals surface area contributed by atoms with Gasteiger partial charge in [0.15, 0.2) is 0 Å². The van der Waals surface area contributed by atoms with Gasteiger partial charge in [-0.15, -0.1) is 0 Å². The number of aryl methyl sites for hydroxylation is 2. The van der Waals surface area contributed by atoms with Crippen LogP contribution in [0.4, 0.5) is 4.39 Å². The minimum absolute atomic E-state index is 0.499. The van der Waals surface area contributed by atoms with Crippen LogP contribution < -0.4 is 0 Å². The third-order valence-electron chi connectivity index (χ3n) is 6.65. The Morgan fingerprint density at radius 3 is 2.89 bits per heavy atom. The molecule has 0 aliphatic carbocycles. The van der Waals surface area contributed by atoms with Crippen LogP contribution in [0.15, 0.2) is 36.5 Å². The van der Waals surface area contributed by atoms with Crippen molar-refractivity contribution in [2.24, 2.45) is 0 Å². The molecule has 146 valence electrons. The van der Waals surface area contributed by atoms with E-state index in [0.717, 1.165) is 30.8 Å². The number of hydrogen-bond donors (Lipinski definition) is 0. The molecular weight excluding hydrogens is 373 g/mol. The van der Waals surface area contributed by atoms with Gasteiger partial charge < -0.3 is 4.57 Å². The lowest BCUT2D eigenvalue weighted by Crippen LogP contribution is -2.34. The number of fused-ring (bicyclic) bond motifs is 6. The van der Waals surface area contributed by atoms with Gasteiger partial charge in [-0.2, -0.15) is 0 Å². The first-order valence-corrected chi connectivity index (χ1v) is 10.6. The van der Waals surface area contributed by atoms with Crippen molar-refractivity contribution in [3.8, 4) is 0 Å². The number of benzene rings is 1. The number of rotatable bonds is 5. The number of hydrogen-bond acceptors (Lipinski definition) is 2. The number of aromatic nitrogens is 2. The number of nitrogens with zero attached hydrogens (tertiary/aromatic N) is 3. The maximum Gasteiger partial charge on any atom is 0.131 e. The Balaban J connectivity index is 1.45. The maximum atomic E-state index is 12.6. The molecule has 0 spiro atoms. The van der Waals surface area contributed by atoms with Crippen LogP contribution in [-0.2, 0) is 26.1 Å². The van der Waals surface area contributed by atoms with Crippen molar-refractivity contribution in [3.05, 3.63) is 64.1 Å². The zero-order valence-electron chi connectivity index (χ0n) is 16.2. The molecule has 0 radical (unpaired) electrons. The maximum absolute atomic E-state index is 12.6. The first-order valence-electron chi connectivity index (χ1n) is 10.2. The minimum Gasteiger partial charge on any atom is -0.344 e. The molecule has 2 aliphatic heterocycles. The Morgan fingerprint density at radius 1 is 1.21 bits per heavy atom. The van der Waals surface area contributed by atoms with E-state index in [-0.39, 0.29) is 0 Å². The summed E-state index contributed by atoms with van der Waals surface area (Å²) in [6, 6.07) is 11.3. The second-order valence-corrected chi connectivity index (χ2v) is 8.62. The molecule has 0 saturated carbocycles. The molecule has 2 bridgehead atoms. The van der Waals surface area contributed by atoms with Gasteiger partial charge in [0.05, 0.1) is 5.69 Å². The summed E-state index contributed by atoms with van der Waals surface area (Å²) in [6.45, 7) is 0.489. The molecule has 1 aromatic carbocycles. The van der Waals surface area contributed by atoms with Crippen molar-refractivity contribution in [2.45, 2.75) is 57.4 Å². The predicted octanol–water partition coefficient (Wildman–Crippen LogP) is 5.48. The normalized spacial score (nSPS) is 21.4. The van der Waals surface area contributed by atoms with Crippen molar-refractivity contribution < 1.29 is 4.39 Å². The number of likely N-dealkylation sites (N-methyl/N-ethyl adjacent to an activating group) is 1. The average molecular weight is 398 g/mol. The number of alkyl halides is 1. The third-order valence-corrected chi connectivity index (χ3v) is 6.88. The number of halogens is 2. The van der Waals surface area contributed by atoms with Gasteiger partial charge in [-0.05, 0) is 68.1 Å². The van der Waals surface area contributed by atoms with E-state index in [0.29, 0.717) is 17.8 Å². The lowest BCUT2D eigenvalue weighted by atomic mass is 9.97. The van der Waals surface area contributed by atoms with Gasteiger partial charge >= 0.3 is 0 Å². The van der Waals surface area contributed by atoms with Crippen LogP contribution in [0.3, 0.4) is 0 Å². The topological polar surface area (TPSA) is 21.1 Å². The molecule has 2 atom stereocenters. The van der Waals surface area contributed by atoms with Crippen molar-refractivity contribution in [3.63, 3.8) is 0 Å². The Kier molecular flexibility index (Phi) is 4.64. The highest BCUT2D eigenvalue weighted by atomic mass is 35.5. The highest BCUT2D eigenvalue weighted by molar-refractivity contribution is 6.31. The van der Waals surface area contributed by atoms with E-state index in [2.05, 4.69) is 33.6 Å². The zero-order valence-corrected chi connectivity index (χ0v) is 16.9. The van der Waals surface area contributed by atoms with Crippen LogP contribution >= 0.6 is 11.6 Å². The molecule has 0 N–H and O–H groups in total. The minimum atomic E-state index is -0.499. The SMILES string of the molecule is CN1C2CCC1c1c(n(CCCc3ccc(CF)nc3)c3ccc(Cl)cc13)C2. The monoisotopic (exact) mass is 397 g/mol. The lowest BCUT2D eigenvalue weighted by Gasteiger charge is -2.32. The molecule has 1 fully saturated rings. The second-order valence-electron chi connectivity index (χ2n) is 8.19. The Bertz CT molecular complexity index is 1010. The fraction of sp³-hybridized carbons (Fsp3) is 0.435. The summed E-state index contributed by atoms with van der Waals surface area (Å²) in [5, 5.41) is 2.14. The van der Waals surface area contributed by atoms with Crippen LogP contribution in [0.1, 0.15) is 47.8 Å². The Morgan fingerprint density at radius 2 is 2.11 bits per heavy atom. The van der Waals surface area contributed by atoms with E-state index in [4.69, 9.17) is 11.6 Å². The first kappa shape index (κ1) is 18.1. The fourth-order valence-corrected chi connectivity index (χ4v) is 5.38. The van der Waals surface area contributed by atoms with Crippen LogP contribution in [0.2, 0.25) is 5.02 Å². The summed E-state index contributed by atoms with van der Waals surface area (Å²) in [7, 11) is 2.27. The zero-order chi connectivity index (χ0) is 19.3. The second kappa shape index (κ2) is 7.16. The van der Waals surface area contributed by atoms with Gasteiger partial charge in [-0.25, -0.2) is 4.39 Å². The van der Waals surface area contributed by atoms with Crippen LogP contribution in [0.5, 0.6) is 0 Å². The van der Waals surface area contributed by atoms with Gasteiger partial charge in [0.25, 0.3) is 0 Å². The van der Waals surface area contributed by atoms with Crippen molar-refractivity contribution in [2.75, 3.05) is 7.05 Å². The highest BCUT2D eigenvalue weighted by Crippen LogP contribution is 2.47. The molecule has 28 heavy (non-hydrogen) atoms. The van der Waals surface area contributed by atoms with Gasteiger partial charge in [-0.3, -0.25) is 9.88 Å². The Labute approximate surface area is 170 Å². The summed E-state index contributed by atoms with van der Waals surface area (Å²) in [5.74, 6) is 0. The van der Waals surface area contributed by atoms with Gasteiger partial charge in [0, 0.05) is 52.9 Å². The third kappa shape index (κ3) is 2.94. The first-order chi connectivity index (χ1) is 13.7. The Hall–Kier alpha value is -1.91. The van der Waals surface area contributed by atoms with E-state index in [1.165, 1.54) is 40.6 Å². The summed E-state index contributed by atoms with van der Waals surface area (Å²) >= 11 is 6.36. The van der Waals surface area contributed by atoms with E-state index < -0.39 is 6.67 Å². The molecule has 2 unspecified atom stereocenters. The lowest BCUT2D eigenvalue weighted by molar-refractivity contribution is 0.222. The van der Waals surface area contributed by atoms with E-state index >= 15 is 0 Å². The largest absolute Gasteiger partial charge is 0.344 e. The predicted molar refractivity (Wildman–Crippen MR) is 112 cm³/mol. The molecule has 4 heterocycles. The van der Waals surface area contributed by atoms with Crippen molar-refractivity contribution >= 4 is 22.5 Å². The summed E-state index contributed by atoms with van der Waals surface area (Å²) in [5.41, 5.74) is 5.99. The average Bonchev–Trinajstić information content (AvgIpc) is 3.12. The fourth-order valence-electron chi connectivity index (χ4n) is 5.21.